The van der Waals surface area contributed by atoms with Crippen molar-refractivity contribution in [2.45, 2.75) is 32.0 Å². The van der Waals surface area contributed by atoms with Crippen LogP contribution in [0.5, 0.6) is 0 Å². The predicted molar refractivity (Wildman–Crippen MR) is 95.8 cm³/mol. The van der Waals surface area contributed by atoms with Crippen LogP contribution in [0.15, 0.2) is 35.7 Å². The fraction of sp³-hybridized carbons (Fsp3) is 0.444. The predicted octanol–water partition coefficient (Wildman–Crippen LogP) is 2.83. The molecule has 1 fully saturated rings. The average Bonchev–Trinajstić information content (AvgIpc) is 3.03. The second kappa shape index (κ2) is 7.40. The van der Waals surface area contributed by atoms with E-state index < -0.39 is 0 Å². The fourth-order valence-corrected chi connectivity index (χ4v) is 3.61. The molecular formula is C18H23N3O2S. The molecule has 24 heavy (non-hydrogen) atoms. The number of nitrogens with zero attached hydrogens (tertiary/aromatic N) is 3. The molecule has 128 valence electrons. The van der Waals surface area contributed by atoms with Crippen molar-refractivity contribution in [3.63, 3.8) is 0 Å². The number of carbonyl (C=O) groups excluding carboxylic acids is 1. The van der Waals surface area contributed by atoms with Crippen LogP contribution in [0.25, 0.3) is 5.69 Å². The van der Waals surface area contributed by atoms with Crippen molar-refractivity contribution in [2.24, 2.45) is 0 Å². The van der Waals surface area contributed by atoms with E-state index in [1.807, 2.05) is 22.6 Å². The highest BCUT2D eigenvalue weighted by atomic mass is 32.2. The van der Waals surface area contributed by atoms with Gasteiger partial charge >= 0.3 is 0 Å². The SMILES string of the molecule is Cc1ccc(-n2ccnc2SCC(=O)N2CCOC(C)C2)cc1C. The average molecular weight is 345 g/mol. The number of thioether (sulfide) groups is 1. The monoisotopic (exact) mass is 345 g/mol. The fourth-order valence-electron chi connectivity index (χ4n) is 2.73. The molecule has 2 heterocycles. The minimum absolute atomic E-state index is 0.116. The molecule has 6 heteroatoms. The summed E-state index contributed by atoms with van der Waals surface area (Å²) < 4.78 is 7.52. The lowest BCUT2D eigenvalue weighted by Gasteiger charge is -2.31. The maximum Gasteiger partial charge on any atom is 0.233 e. The van der Waals surface area contributed by atoms with Gasteiger partial charge in [0.2, 0.25) is 5.91 Å². The summed E-state index contributed by atoms with van der Waals surface area (Å²) in [4.78, 5) is 18.7. The molecule has 0 bridgehead atoms. The first-order chi connectivity index (χ1) is 11.5. The van der Waals surface area contributed by atoms with Gasteiger partial charge in [-0.1, -0.05) is 17.8 Å². The van der Waals surface area contributed by atoms with Gasteiger partial charge in [-0.05, 0) is 44.0 Å². The van der Waals surface area contributed by atoms with Gasteiger partial charge in [0, 0.05) is 31.2 Å². The van der Waals surface area contributed by atoms with Crippen LogP contribution in [0.2, 0.25) is 0 Å². The lowest BCUT2D eigenvalue weighted by atomic mass is 10.1. The molecule has 1 unspecified atom stereocenters. The van der Waals surface area contributed by atoms with Crippen molar-refractivity contribution in [1.82, 2.24) is 14.5 Å². The van der Waals surface area contributed by atoms with E-state index in [1.165, 1.54) is 22.9 Å². The highest BCUT2D eigenvalue weighted by Gasteiger charge is 2.21. The minimum Gasteiger partial charge on any atom is -0.375 e. The first-order valence-corrected chi connectivity index (χ1v) is 9.16. The Morgan fingerprint density at radius 2 is 2.21 bits per heavy atom. The van der Waals surface area contributed by atoms with E-state index in [1.54, 1.807) is 6.20 Å². The Hall–Kier alpha value is -1.79. The molecule has 0 radical (unpaired) electrons. The van der Waals surface area contributed by atoms with Gasteiger partial charge in [0.05, 0.1) is 18.5 Å². The summed E-state index contributed by atoms with van der Waals surface area (Å²) >= 11 is 1.48. The zero-order valence-corrected chi connectivity index (χ0v) is 15.2. The molecule has 1 atom stereocenters. The number of amides is 1. The van der Waals surface area contributed by atoms with Gasteiger partial charge in [-0.25, -0.2) is 4.98 Å². The highest BCUT2D eigenvalue weighted by Crippen LogP contribution is 2.22. The molecule has 1 amide bonds. The zero-order chi connectivity index (χ0) is 17.1. The summed E-state index contributed by atoms with van der Waals surface area (Å²) in [7, 11) is 0. The molecule has 1 saturated heterocycles. The number of imidazole rings is 1. The Morgan fingerprint density at radius 1 is 1.38 bits per heavy atom. The van der Waals surface area contributed by atoms with E-state index in [-0.39, 0.29) is 12.0 Å². The Kier molecular flexibility index (Phi) is 5.26. The normalized spacial score (nSPS) is 18.0. The van der Waals surface area contributed by atoms with Gasteiger partial charge < -0.3 is 9.64 Å². The summed E-state index contributed by atoms with van der Waals surface area (Å²) in [5.74, 6) is 0.541. The number of aromatic nitrogens is 2. The van der Waals surface area contributed by atoms with E-state index in [9.17, 15) is 4.79 Å². The van der Waals surface area contributed by atoms with Gasteiger partial charge in [-0.2, -0.15) is 0 Å². The largest absolute Gasteiger partial charge is 0.375 e. The molecular weight excluding hydrogens is 322 g/mol. The van der Waals surface area contributed by atoms with Crippen molar-refractivity contribution in [3.05, 3.63) is 41.7 Å². The molecule has 1 aromatic carbocycles. The van der Waals surface area contributed by atoms with Gasteiger partial charge in [0.25, 0.3) is 0 Å². The quantitative estimate of drug-likeness (QED) is 0.800. The summed E-state index contributed by atoms with van der Waals surface area (Å²) in [6.07, 6.45) is 3.83. The second-order valence-electron chi connectivity index (χ2n) is 6.16. The van der Waals surface area contributed by atoms with Crippen LogP contribution in [0.4, 0.5) is 0 Å². The molecule has 3 rings (SSSR count). The van der Waals surface area contributed by atoms with Crippen LogP contribution < -0.4 is 0 Å². The van der Waals surface area contributed by atoms with Crippen molar-refractivity contribution >= 4 is 17.7 Å². The van der Waals surface area contributed by atoms with Crippen LogP contribution in [0.1, 0.15) is 18.1 Å². The second-order valence-corrected chi connectivity index (χ2v) is 7.10. The number of carbonyl (C=O) groups is 1. The van der Waals surface area contributed by atoms with E-state index >= 15 is 0 Å². The Morgan fingerprint density at radius 3 is 2.96 bits per heavy atom. The topological polar surface area (TPSA) is 47.4 Å². The Labute approximate surface area is 147 Å². The van der Waals surface area contributed by atoms with Crippen LogP contribution in [0, 0.1) is 13.8 Å². The molecule has 0 spiro atoms. The number of rotatable bonds is 4. The molecule has 0 aliphatic carbocycles. The van der Waals surface area contributed by atoms with Gasteiger partial charge in [0.1, 0.15) is 0 Å². The summed E-state index contributed by atoms with van der Waals surface area (Å²) in [5.41, 5.74) is 3.59. The Bertz CT molecular complexity index is 729. The number of morpholine rings is 1. The third-order valence-electron chi connectivity index (χ3n) is 4.29. The van der Waals surface area contributed by atoms with Crippen LogP contribution in [-0.4, -0.2) is 51.9 Å². The van der Waals surface area contributed by atoms with E-state index in [4.69, 9.17) is 4.74 Å². The van der Waals surface area contributed by atoms with Gasteiger partial charge in [-0.3, -0.25) is 9.36 Å². The van der Waals surface area contributed by atoms with Crippen LogP contribution in [0.3, 0.4) is 0 Å². The first-order valence-electron chi connectivity index (χ1n) is 8.18. The number of benzene rings is 1. The standard InChI is InChI=1S/C18H23N3O2S/c1-13-4-5-16(10-14(13)2)21-7-6-19-18(21)24-12-17(22)20-8-9-23-15(3)11-20/h4-7,10,15H,8-9,11-12H2,1-3H3. The molecule has 2 aromatic rings. The number of ether oxygens (including phenoxy) is 1. The molecule has 0 saturated carbocycles. The molecule has 1 aromatic heterocycles. The Balaban J connectivity index is 1.67. The third kappa shape index (κ3) is 3.82. The molecule has 0 N–H and O–H groups in total. The van der Waals surface area contributed by atoms with E-state index in [2.05, 4.69) is 37.0 Å². The third-order valence-corrected chi connectivity index (χ3v) is 5.25. The summed E-state index contributed by atoms with van der Waals surface area (Å²) in [6, 6.07) is 6.34. The van der Waals surface area contributed by atoms with Gasteiger partial charge in [0.15, 0.2) is 5.16 Å². The zero-order valence-electron chi connectivity index (χ0n) is 14.4. The maximum absolute atomic E-state index is 12.4. The lowest BCUT2D eigenvalue weighted by Crippen LogP contribution is -2.45. The van der Waals surface area contributed by atoms with E-state index in [0.29, 0.717) is 25.4 Å². The summed E-state index contributed by atoms with van der Waals surface area (Å²) in [6.45, 7) is 8.17. The van der Waals surface area contributed by atoms with E-state index in [0.717, 1.165) is 10.8 Å². The number of aryl methyl sites for hydroxylation is 2. The highest BCUT2D eigenvalue weighted by molar-refractivity contribution is 7.99. The van der Waals surface area contributed by atoms with Crippen molar-refractivity contribution in [2.75, 3.05) is 25.4 Å². The summed E-state index contributed by atoms with van der Waals surface area (Å²) in [5, 5.41) is 0.841. The molecule has 1 aliphatic heterocycles. The van der Waals surface area contributed by atoms with Crippen molar-refractivity contribution in [3.8, 4) is 5.69 Å². The van der Waals surface area contributed by atoms with Crippen LogP contribution in [-0.2, 0) is 9.53 Å². The first kappa shape index (κ1) is 17.0. The number of hydrogen-bond acceptors (Lipinski definition) is 4. The molecule has 1 aliphatic rings. The molecule has 5 nitrogen and oxygen atoms in total. The van der Waals surface area contributed by atoms with Gasteiger partial charge in [-0.15, -0.1) is 0 Å². The minimum atomic E-state index is 0.116. The number of hydrogen-bond donors (Lipinski definition) is 0. The van der Waals surface area contributed by atoms with Crippen molar-refractivity contribution < 1.29 is 9.53 Å². The lowest BCUT2D eigenvalue weighted by molar-refractivity contribution is -0.135. The van der Waals surface area contributed by atoms with Crippen LogP contribution >= 0.6 is 11.8 Å². The maximum atomic E-state index is 12.4. The smallest absolute Gasteiger partial charge is 0.233 e. The van der Waals surface area contributed by atoms with Crippen molar-refractivity contribution in [1.29, 1.82) is 0 Å².